The molecule has 0 aliphatic carbocycles. The number of rotatable bonds is 2. The van der Waals surface area contributed by atoms with Crippen LogP contribution < -0.4 is 14.8 Å². The lowest BCUT2D eigenvalue weighted by Gasteiger charge is -2.21. The number of ether oxygens (including phenoxy) is 2. The number of nitrogens with one attached hydrogen (secondary N) is 1. The first-order chi connectivity index (χ1) is 8.43. The third kappa shape index (κ3) is 2.04. The zero-order valence-electron chi connectivity index (χ0n) is 9.35. The van der Waals surface area contributed by atoms with Crippen LogP contribution in [-0.2, 0) is 0 Å². The van der Waals surface area contributed by atoms with Gasteiger partial charge in [0.15, 0.2) is 11.5 Å². The average molecular weight is 227 g/mol. The Morgan fingerprint density at radius 1 is 0.824 bits per heavy atom. The molecule has 3 rings (SSSR count). The second kappa shape index (κ2) is 4.37. The van der Waals surface area contributed by atoms with E-state index < -0.39 is 0 Å². The van der Waals surface area contributed by atoms with Crippen molar-refractivity contribution in [3.8, 4) is 11.5 Å². The summed E-state index contributed by atoms with van der Waals surface area (Å²) in [5.74, 6) is 1.60. The zero-order chi connectivity index (χ0) is 11.5. The maximum Gasteiger partial charge on any atom is 0.184 e. The highest BCUT2D eigenvalue weighted by atomic mass is 16.6. The highest BCUT2D eigenvalue weighted by Crippen LogP contribution is 2.38. The molecule has 86 valence electrons. The summed E-state index contributed by atoms with van der Waals surface area (Å²) in [4.78, 5) is 0. The Bertz CT molecular complexity index is 511. The van der Waals surface area contributed by atoms with Crippen molar-refractivity contribution in [2.24, 2.45) is 0 Å². The van der Waals surface area contributed by atoms with Crippen molar-refractivity contribution < 1.29 is 9.47 Å². The summed E-state index contributed by atoms with van der Waals surface area (Å²) in [7, 11) is 0. The van der Waals surface area contributed by atoms with Crippen LogP contribution in [0.3, 0.4) is 0 Å². The van der Waals surface area contributed by atoms with Gasteiger partial charge in [-0.25, -0.2) is 0 Å². The molecule has 3 heteroatoms. The first kappa shape index (κ1) is 10.0. The number of hydrogen-bond acceptors (Lipinski definition) is 3. The molecule has 2 aromatic carbocycles. The van der Waals surface area contributed by atoms with Crippen LogP contribution >= 0.6 is 0 Å². The largest absolute Gasteiger partial charge is 0.486 e. The van der Waals surface area contributed by atoms with Crippen LogP contribution in [0, 0.1) is 0 Å². The van der Waals surface area contributed by atoms with E-state index >= 15 is 0 Å². The molecule has 0 spiro atoms. The summed E-state index contributed by atoms with van der Waals surface area (Å²) in [6, 6.07) is 15.9. The average Bonchev–Trinajstić information content (AvgIpc) is 2.40. The molecule has 1 heterocycles. The van der Waals surface area contributed by atoms with E-state index in [-0.39, 0.29) is 0 Å². The highest BCUT2D eigenvalue weighted by Gasteiger charge is 2.15. The Balaban J connectivity index is 1.93. The van der Waals surface area contributed by atoms with Gasteiger partial charge in [0, 0.05) is 5.69 Å². The number of benzene rings is 2. The summed E-state index contributed by atoms with van der Waals surface area (Å²) >= 11 is 0. The Labute approximate surface area is 100.0 Å². The Morgan fingerprint density at radius 2 is 1.65 bits per heavy atom. The zero-order valence-corrected chi connectivity index (χ0v) is 9.35. The van der Waals surface area contributed by atoms with Crippen molar-refractivity contribution in [2.75, 3.05) is 18.5 Å². The van der Waals surface area contributed by atoms with Gasteiger partial charge in [0.2, 0.25) is 0 Å². The molecule has 3 nitrogen and oxygen atoms in total. The van der Waals surface area contributed by atoms with Gasteiger partial charge in [0.25, 0.3) is 0 Å². The summed E-state index contributed by atoms with van der Waals surface area (Å²) in [5, 5.41) is 3.33. The molecule has 0 aromatic heterocycles. The van der Waals surface area contributed by atoms with Crippen LogP contribution in [0.4, 0.5) is 11.4 Å². The van der Waals surface area contributed by atoms with E-state index in [2.05, 4.69) is 5.32 Å². The molecule has 17 heavy (non-hydrogen) atoms. The van der Waals surface area contributed by atoms with Crippen molar-refractivity contribution in [1.29, 1.82) is 0 Å². The Hall–Kier alpha value is -2.16. The van der Waals surface area contributed by atoms with E-state index in [0.29, 0.717) is 13.2 Å². The maximum absolute atomic E-state index is 5.64. The first-order valence-electron chi connectivity index (χ1n) is 5.64. The molecular weight excluding hydrogens is 214 g/mol. The van der Waals surface area contributed by atoms with E-state index in [1.165, 1.54) is 0 Å². The number of para-hydroxylation sites is 2. The summed E-state index contributed by atoms with van der Waals surface area (Å²) in [5.41, 5.74) is 1.98. The fourth-order valence-electron chi connectivity index (χ4n) is 1.85. The molecule has 0 saturated heterocycles. The van der Waals surface area contributed by atoms with Crippen LogP contribution in [0.1, 0.15) is 0 Å². The second-order valence-corrected chi connectivity index (χ2v) is 3.82. The van der Waals surface area contributed by atoms with Crippen molar-refractivity contribution >= 4 is 11.4 Å². The van der Waals surface area contributed by atoms with Crippen LogP contribution in [0.15, 0.2) is 48.5 Å². The molecule has 0 radical (unpaired) electrons. The lowest BCUT2D eigenvalue weighted by atomic mass is 10.2. The molecule has 0 fully saturated rings. The van der Waals surface area contributed by atoms with Gasteiger partial charge in [-0.15, -0.1) is 0 Å². The highest BCUT2D eigenvalue weighted by molar-refractivity contribution is 5.70. The molecule has 1 N–H and O–H groups in total. The fraction of sp³-hybridized carbons (Fsp3) is 0.143. The van der Waals surface area contributed by atoms with Crippen LogP contribution in [0.25, 0.3) is 0 Å². The minimum absolute atomic E-state index is 0.598. The molecule has 1 aliphatic rings. The van der Waals surface area contributed by atoms with Gasteiger partial charge in [0.05, 0.1) is 5.69 Å². The topological polar surface area (TPSA) is 30.5 Å². The van der Waals surface area contributed by atoms with Gasteiger partial charge in [0.1, 0.15) is 13.2 Å². The van der Waals surface area contributed by atoms with E-state index in [1.807, 2.05) is 48.5 Å². The maximum atomic E-state index is 5.64. The quantitative estimate of drug-likeness (QED) is 0.854. The minimum atomic E-state index is 0.598. The van der Waals surface area contributed by atoms with E-state index in [1.54, 1.807) is 0 Å². The monoisotopic (exact) mass is 227 g/mol. The molecule has 1 aliphatic heterocycles. The Kier molecular flexibility index (Phi) is 2.58. The molecule has 0 saturated carbocycles. The van der Waals surface area contributed by atoms with Crippen molar-refractivity contribution in [3.63, 3.8) is 0 Å². The smallest absolute Gasteiger partial charge is 0.184 e. The van der Waals surface area contributed by atoms with Gasteiger partial charge in [-0.2, -0.15) is 0 Å². The third-order valence-electron chi connectivity index (χ3n) is 2.62. The van der Waals surface area contributed by atoms with E-state index in [9.17, 15) is 0 Å². The van der Waals surface area contributed by atoms with E-state index in [0.717, 1.165) is 22.9 Å². The van der Waals surface area contributed by atoms with Gasteiger partial charge in [-0.3, -0.25) is 0 Å². The number of hydrogen-bond donors (Lipinski definition) is 1. The fourth-order valence-corrected chi connectivity index (χ4v) is 1.85. The van der Waals surface area contributed by atoms with Crippen LogP contribution in [-0.4, -0.2) is 13.2 Å². The van der Waals surface area contributed by atoms with Gasteiger partial charge < -0.3 is 14.8 Å². The summed E-state index contributed by atoms with van der Waals surface area (Å²) in [6.07, 6.45) is 0. The molecule has 0 unspecified atom stereocenters. The van der Waals surface area contributed by atoms with Gasteiger partial charge >= 0.3 is 0 Å². The molecule has 0 amide bonds. The van der Waals surface area contributed by atoms with Crippen molar-refractivity contribution in [1.82, 2.24) is 0 Å². The first-order valence-corrected chi connectivity index (χ1v) is 5.64. The molecule has 0 bridgehead atoms. The molecule has 0 atom stereocenters. The van der Waals surface area contributed by atoms with Crippen LogP contribution in [0.5, 0.6) is 11.5 Å². The van der Waals surface area contributed by atoms with E-state index in [4.69, 9.17) is 9.47 Å². The molecular formula is C14H13NO2. The number of fused-ring (bicyclic) bond motifs is 1. The number of anilines is 2. The Morgan fingerprint density at radius 3 is 2.53 bits per heavy atom. The van der Waals surface area contributed by atoms with Crippen molar-refractivity contribution in [3.05, 3.63) is 48.5 Å². The molecule has 2 aromatic rings. The van der Waals surface area contributed by atoms with Crippen LogP contribution in [0.2, 0.25) is 0 Å². The second-order valence-electron chi connectivity index (χ2n) is 3.82. The minimum Gasteiger partial charge on any atom is -0.486 e. The predicted octanol–water partition coefficient (Wildman–Crippen LogP) is 3.20. The van der Waals surface area contributed by atoms with Gasteiger partial charge in [-0.1, -0.05) is 24.3 Å². The lowest BCUT2D eigenvalue weighted by molar-refractivity contribution is 0.172. The summed E-state index contributed by atoms with van der Waals surface area (Å²) < 4.78 is 11.2. The SMILES string of the molecule is c1ccc(Nc2cccc3c2OCCO3)cc1. The standard InChI is InChI=1S/C14H13NO2/c1-2-5-11(6-3-1)15-12-7-4-8-13-14(12)17-10-9-16-13/h1-8,15H,9-10H2. The van der Waals surface area contributed by atoms with Gasteiger partial charge in [-0.05, 0) is 24.3 Å². The van der Waals surface area contributed by atoms with Crippen molar-refractivity contribution in [2.45, 2.75) is 0 Å². The third-order valence-corrected chi connectivity index (χ3v) is 2.62. The summed E-state index contributed by atoms with van der Waals surface area (Å²) in [6.45, 7) is 1.21. The normalized spacial score (nSPS) is 13.2. The predicted molar refractivity (Wildman–Crippen MR) is 67.2 cm³/mol. The lowest BCUT2D eigenvalue weighted by Crippen LogP contribution is -2.16.